The third-order valence-electron chi connectivity index (χ3n) is 1.97. The Balaban J connectivity index is 1.98. The highest BCUT2D eigenvalue weighted by Crippen LogP contribution is 2.08. The molecule has 0 saturated heterocycles. The lowest BCUT2D eigenvalue weighted by molar-refractivity contribution is -0.115. The molecule has 82 valence electrons. The molecule has 0 saturated carbocycles. The van der Waals surface area contributed by atoms with Crippen LogP contribution in [0.4, 0.5) is 11.5 Å². The van der Waals surface area contributed by atoms with E-state index in [0.717, 1.165) is 5.69 Å². The van der Waals surface area contributed by atoms with Gasteiger partial charge in [-0.2, -0.15) is 0 Å². The first kappa shape index (κ1) is 10.2. The quantitative estimate of drug-likeness (QED) is 0.795. The van der Waals surface area contributed by atoms with E-state index in [2.05, 4.69) is 20.3 Å². The van der Waals surface area contributed by atoms with Crippen LogP contribution in [0.15, 0.2) is 35.0 Å². The fourth-order valence-corrected chi connectivity index (χ4v) is 1.21. The van der Waals surface area contributed by atoms with Crippen LogP contribution >= 0.6 is 0 Å². The molecule has 2 aromatic rings. The Kier molecular flexibility index (Phi) is 2.81. The maximum atomic E-state index is 11.6. The number of carbonyl (C=O) groups is 1. The molecule has 2 rings (SSSR count). The number of nitrogens with zero attached hydrogens (tertiary/aromatic N) is 2. The molecular formula is C10H10N4O2. The van der Waals surface area contributed by atoms with Gasteiger partial charge in [-0.1, -0.05) is 23.4 Å². The van der Waals surface area contributed by atoms with Crippen LogP contribution < -0.4 is 11.1 Å². The van der Waals surface area contributed by atoms with Gasteiger partial charge >= 0.3 is 0 Å². The smallest absolute Gasteiger partial charge is 0.230 e. The van der Waals surface area contributed by atoms with Crippen LogP contribution in [0.25, 0.3) is 0 Å². The molecule has 1 heterocycles. The van der Waals surface area contributed by atoms with E-state index in [4.69, 9.17) is 5.73 Å². The van der Waals surface area contributed by atoms with E-state index in [1.807, 2.05) is 18.2 Å². The number of para-hydroxylation sites is 1. The Morgan fingerprint density at radius 2 is 2.06 bits per heavy atom. The summed E-state index contributed by atoms with van der Waals surface area (Å²) in [5.41, 5.74) is 6.50. The molecule has 6 nitrogen and oxygen atoms in total. The van der Waals surface area contributed by atoms with Crippen molar-refractivity contribution in [2.45, 2.75) is 6.42 Å². The fourth-order valence-electron chi connectivity index (χ4n) is 1.21. The predicted octanol–water partition coefficient (Wildman–Crippen LogP) is 0.833. The van der Waals surface area contributed by atoms with Crippen molar-refractivity contribution in [3.63, 3.8) is 0 Å². The minimum absolute atomic E-state index is 0.0459. The summed E-state index contributed by atoms with van der Waals surface area (Å²) < 4.78 is 4.39. The van der Waals surface area contributed by atoms with Gasteiger partial charge in [0.1, 0.15) is 5.69 Å². The third-order valence-corrected chi connectivity index (χ3v) is 1.97. The molecule has 0 aliphatic rings. The molecule has 0 radical (unpaired) electrons. The number of hydrogen-bond acceptors (Lipinski definition) is 5. The largest absolute Gasteiger partial charge is 0.379 e. The number of nitrogen functional groups attached to an aromatic ring is 1. The van der Waals surface area contributed by atoms with Crippen LogP contribution in [0.5, 0.6) is 0 Å². The molecule has 0 bridgehead atoms. The van der Waals surface area contributed by atoms with Crippen LogP contribution in [-0.4, -0.2) is 16.2 Å². The van der Waals surface area contributed by atoms with Gasteiger partial charge in [0.15, 0.2) is 5.82 Å². The minimum Gasteiger partial charge on any atom is -0.379 e. The molecule has 0 atom stereocenters. The summed E-state index contributed by atoms with van der Waals surface area (Å²) in [5.74, 6) is -0.0724. The number of aromatic nitrogens is 2. The Labute approximate surface area is 91.4 Å². The van der Waals surface area contributed by atoms with E-state index in [0.29, 0.717) is 5.69 Å². The normalized spacial score (nSPS) is 10.0. The fraction of sp³-hybridized carbons (Fsp3) is 0.100. The zero-order valence-electron chi connectivity index (χ0n) is 8.38. The molecule has 0 spiro atoms. The molecular weight excluding hydrogens is 208 g/mol. The predicted molar refractivity (Wildman–Crippen MR) is 57.5 cm³/mol. The van der Waals surface area contributed by atoms with E-state index >= 15 is 0 Å². The second kappa shape index (κ2) is 4.43. The molecule has 0 fully saturated rings. The average Bonchev–Trinajstić information content (AvgIpc) is 2.66. The van der Waals surface area contributed by atoms with Gasteiger partial charge in [0.25, 0.3) is 0 Å². The first-order valence-corrected chi connectivity index (χ1v) is 4.67. The van der Waals surface area contributed by atoms with Crippen molar-refractivity contribution in [1.29, 1.82) is 0 Å². The molecule has 6 heteroatoms. The lowest BCUT2D eigenvalue weighted by Gasteiger charge is -2.02. The van der Waals surface area contributed by atoms with E-state index in [-0.39, 0.29) is 18.1 Å². The van der Waals surface area contributed by atoms with Gasteiger partial charge in [0.05, 0.1) is 6.42 Å². The zero-order valence-corrected chi connectivity index (χ0v) is 8.38. The highest BCUT2D eigenvalue weighted by atomic mass is 16.6. The van der Waals surface area contributed by atoms with Gasteiger partial charge < -0.3 is 11.1 Å². The summed E-state index contributed by atoms with van der Waals surface area (Å²) in [7, 11) is 0. The minimum atomic E-state index is -0.214. The topological polar surface area (TPSA) is 94.0 Å². The summed E-state index contributed by atoms with van der Waals surface area (Å²) in [6.07, 6.45) is 0.0459. The number of rotatable bonds is 3. The summed E-state index contributed by atoms with van der Waals surface area (Å²) in [6, 6.07) is 9.13. The van der Waals surface area contributed by atoms with Crippen molar-refractivity contribution in [1.82, 2.24) is 10.3 Å². The van der Waals surface area contributed by atoms with Gasteiger partial charge in [0.2, 0.25) is 5.91 Å². The van der Waals surface area contributed by atoms with Gasteiger partial charge in [-0.3, -0.25) is 4.79 Å². The molecule has 1 aromatic carbocycles. The molecule has 0 aliphatic heterocycles. The van der Waals surface area contributed by atoms with Crippen molar-refractivity contribution in [2.75, 3.05) is 11.1 Å². The van der Waals surface area contributed by atoms with Crippen LogP contribution in [0, 0.1) is 0 Å². The zero-order chi connectivity index (χ0) is 11.4. The summed E-state index contributed by atoms with van der Waals surface area (Å²) >= 11 is 0. The first-order valence-electron chi connectivity index (χ1n) is 4.67. The number of anilines is 2. The first-order chi connectivity index (χ1) is 7.75. The average molecular weight is 218 g/mol. The Morgan fingerprint density at radius 3 is 2.69 bits per heavy atom. The van der Waals surface area contributed by atoms with Crippen molar-refractivity contribution in [3.05, 3.63) is 36.0 Å². The van der Waals surface area contributed by atoms with Gasteiger partial charge in [0, 0.05) is 5.69 Å². The molecule has 1 amide bonds. The van der Waals surface area contributed by atoms with Crippen molar-refractivity contribution < 1.29 is 9.42 Å². The van der Waals surface area contributed by atoms with E-state index in [9.17, 15) is 4.79 Å². The van der Waals surface area contributed by atoms with Crippen molar-refractivity contribution in [3.8, 4) is 0 Å². The van der Waals surface area contributed by atoms with Crippen LogP contribution in [0.1, 0.15) is 5.69 Å². The standard InChI is InChI=1S/C10H10N4O2/c11-10-8(13-16-14-10)6-9(15)12-7-4-2-1-3-5-7/h1-5H,6H2,(H2,11,14)(H,12,15). The summed E-state index contributed by atoms with van der Waals surface area (Å²) in [5, 5.41) is 9.62. The van der Waals surface area contributed by atoms with Crippen molar-refractivity contribution in [2.24, 2.45) is 0 Å². The Hall–Kier alpha value is -2.37. The second-order valence-electron chi connectivity index (χ2n) is 3.19. The number of nitrogens with one attached hydrogen (secondary N) is 1. The van der Waals surface area contributed by atoms with Crippen LogP contribution in [0.2, 0.25) is 0 Å². The highest BCUT2D eigenvalue weighted by Gasteiger charge is 2.11. The van der Waals surface area contributed by atoms with Crippen LogP contribution in [0.3, 0.4) is 0 Å². The van der Waals surface area contributed by atoms with Crippen molar-refractivity contribution >= 4 is 17.4 Å². The molecule has 0 aliphatic carbocycles. The SMILES string of the molecule is Nc1nonc1CC(=O)Nc1ccccc1. The number of carbonyl (C=O) groups excluding carboxylic acids is 1. The van der Waals surface area contributed by atoms with Gasteiger partial charge in [-0.15, -0.1) is 0 Å². The van der Waals surface area contributed by atoms with E-state index in [1.54, 1.807) is 12.1 Å². The van der Waals surface area contributed by atoms with Crippen LogP contribution in [-0.2, 0) is 11.2 Å². The Bertz CT molecular complexity index is 481. The summed E-state index contributed by atoms with van der Waals surface area (Å²) in [6.45, 7) is 0. The number of hydrogen-bond donors (Lipinski definition) is 2. The second-order valence-corrected chi connectivity index (χ2v) is 3.19. The molecule has 1 aromatic heterocycles. The van der Waals surface area contributed by atoms with E-state index < -0.39 is 0 Å². The highest BCUT2D eigenvalue weighted by molar-refractivity contribution is 5.92. The van der Waals surface area contributed by atoms with Gasteiger partial charge in [-0.05, 0) is 17.3 Å². The Morgan fingerprint density at radius 1 is 1.31 bits per heavy atom. The molecule has 0 unspecified atom stereocenters. The van der Waals surface area contributed by atoms with E-state index in [1.165, 1.54) is 0 Å². The number of nitrogens with two attached hydrogens (primary N) is 1. The lowest BCUT2D eigenvalue weighted by atomic mass is 10.2. The number of amides is 1. The van der Waals surface area contributed by atoms with Gasteiger partial charge in [-0.25, -0.2) is 4.63 Å². The summed E-state index contributed by atoms with van der Waals surface area (Å²) in [4.78, 5) is 11.6. The molecule has 16 heavy (non-hydrogen) atoms. The maximum absolute atomic E-state index is 11.6. The maximum Gasteiger partial charge on any atom is 0.230 e. The number of benzene rings is 1. The monoisotopic (exact) mass is 218 g/mol. The molecule has 3 N–H and O–H groups in total. The third kappa shape index (κ3) is 2.35. The lowest BCUT2D eigenvalue weighted by Crippen LogP contribution is -2.15.